The lowest BCUT2D eigenvalue weighted by molar-refractivity contribution is 0.417. The largest absolute Gasteiger partial charge is 0.334 e. The van der Waals surface area contributed by atoms with E-state index in [1.807, 2.05) is 6.92 Å². The second kappa shape index (κ2) is 4.44. The third-order valence-corrected chi connectivity index (χ3v) is 2.20. The maximum Gasteiger partial charge on any atom is 0.261 e. The molecule has 0 aliphatic carbocycles. The third kappa shape index (κ3) is 2.27. The minimum absolute atomic E-state index is 0.401. The molecule has 0 aromatic carbocycles. The normalized spacial score (nSPS) is 11.2. The molecule has 2 heterocycles. The van der Waals surface area contributed by atoms with Crippen LogP contribution in [0.25, 0.3) is 11.5 Å². The SMILES string of the molecule is Cc1[nH]ncc1-c1nc(CNC(C)C)no1. The van der Waals surface area contributed by atoms with E-state index in [2.05, 4.69) is 39.5 Å². The van der Waals surface area contributed by atoms with Crippen LogP contribution in [0.15, 0.2) is 10.7 Å². The van der Waals surface area contributed by atoms with Crippen LogP contribution in [-0.4, -0.2) is 26.4 Å². The van der Waals surface area contributed by atoms with Gasteiger partial charge in [-0.3, -0.25) is 5.10 Å². The zero-order valence-electron chi connectivity index (χ0n) is 9.61. The van der Waals surface area contributed by atoms with Crippen molar-refractivity contribution >= 4 is 0 Å². The number of aromatic amines is 1. The first kappa shape index (κ1) is 10.8. The molecule has 0 atom stereocenters. The van der Waals surface area contributed by atoms with E-state index >= 15 is 0 Å². The van der Waals surface area contributed by atoms with E-state index in [0.29, 0.717) is 24.3 Å². The van der Waals surface area contributed by atoms with Crippen molar-refractivity contribution in [3.05, 3.63) is 17.7 Å². The van der Waals surface area contributed by atoms with E-state index in [9.17, 15) is 0 Å². The van der Waals surface area contributed by atoms with E-state index < -0.39 is 0 Å². The first-order chi connectivity index (χ1) is 7.66. The number of H-pyrrole nitrogens is 1. The maximum absolute atomic E-state index is 5.16. The van der Waals surface area contributed by atoms with E-state index in [1.165, 1.54) is 0 Å². The van der Waals surface area contributed by atoms with Crippen molar-refractivity contribution in [1.29, 1.82) is 0 Å². The lowest BCUT2D eigenvalue weighted by Crippen LogP contribution is -2.22. The molecule has 2 N–H and O–H groups in total. The van der Waals surface area contributed by atoms with Crippen LogP contribution in [0.5, 0.6) is 0 Å². The van der Waals surface area contributed by atoms with Crippen molar-refractivity contribution in [2.45, 2.75) is 33.4 Å². The Labute approximate surface area is 93.4 Å². The molecule has 16 heavy (non-hydrogen) atoms. The Morgan fingerprint density at radius 2 is 2.31 bits per heavy atom. The molecular formula is C10H15N5O. The lowest BCUT2D eigenvalue weighted by Gasteiger charge is -2.03. The summed E-state index contributed by atoms with van der Waals surface area (Å²) in [6.45, 7) is 6.67. The summed E-state index contributed by atoms with van der Waals surface area (Å²) in [4.78, 5) is 4.29. The Bertz CT molecular complexity index is 459. The fraction of sp³-hybridized carbons (Fsp3) is 0.500. The van der Waals surface area contributed by atoms with Crippen LogP contribution in [0.1, 0.15) is 25.4 Å². The van der Waals surface area contributed by atoms with Gasteiger partial charge in [-0.2, -0.15) is 10.1 Å². The summed E-state index contributed by atoms with van der Waals surface area (Å²) in [5.41, 5.74) is 1.77. The predicted molar refractivity (Wildman–Crippen MR) is 58.6 cm³/mol. The molecule has 0 amide bonds. The molecular weight excluding hydrogens is 206 g/mol. The fourth-order valence-electron chi connectivity index (χ4n) is 1.30. The highest BCUT2D eigenvalue weighted by Crippen LogP contribution is 2.18. The van der Waals surface area contributed by atoms with Gasteiger partial charge in [0.05, 0.1) is 18.3 Å². The molecule has 0 fully saturated rings. The van der Waals surface area contributed by atoms with Gasteiger partial charge >= 0.3 is 0 Å². The van der Waals surface area contributed by atoms with Crippen LogP contribution in [0.4, 0.5) is 0 Å². The molecule has 86 valence electrons. The quantitative estimate of drug-likeness (QED) is 0.812. The van der Waals surface area contributed by atoms with Crippen molar-refractivity contribution in [2.75, 3.05) is 0 Å². The van der Waals surface area contributed by atoms with Crippen LogP contribution < -0.4 is 5.32 Å². The van der Waals surface area contributed by atoms with E-state index in [1.54, 1.807) is 6.20 Å². The van der Waals surface area contributed by atoms with Gasteiger partial charge in [0.1, 0.15) is 0 Å². The molecule has 6 heteroatoms. The summed E-state index contributed by atoms with van der Waals surface area (Å²) in [7, 11) is 0. The van der Waals surface area contributed by atoms with Crippen LogP contribution in [0.3, 0.4) is 0 Å². The minimum atomic E-state index is 0.401. The third-order valence-electron chi connectivity index (χ3n) is 2.20. The van der Waals surface area contributed by atoms with Crippen molar-refractivity contribution < 1.29 is 4.52 Å². The summed E-state index contributed by atoms with van der Waals surface area (Å²) < 4.78 is 5.16. The van der Waals surface area contributed by atoms with Crippen LogP contribution in [0.2, 0.25) is 0 Å². The topological polar surface area (TPSA) is 79.6 Å². The van der Waals surface area contributed by atoms with Gasteiger partial charge in [0.2, 0.25) is 0 Å². The first-order valence-electron chi connectivity index (χ1n) is 5.23. The smallest absolute Gasteiger partial charge is 0.261 e. The molecule has 0 bridgehead atoms. The van der Waals surface area contributed by atoms with Gasteiger partial charge in [0.15, 0.2) is 5.82 Å². The number of aromatic nitrogens is 4. The average Bonchev–Trinajstić information content (AvgIpc) is 2.83. The van der Waals surface area contributed by atoms with Crippen molar-refractivity contribution in [2.24, 2.45) is 0 Å². The Morgan fingerprint density at radius 1 is 1.50 bits per heavy atom. The second-order valence-electron chi connectivity index (χ2n) is 3.96. The molecule has 0 saturated carbocycles. The highest BCUT2D eigenvalue weighted by Gasteiger charge is 2.12. The highest BCUT2D eigenvalue weighted by molar-refractivity contribution is 5.54. The van der Waals surface area contributed by atoms with Gasteiger partial charge in [-0.1, -0.05) is 19.0 Å². The molecule has 6 nitrogen and oxygen atoms in total. The van der Waals surface area contributed by atoms with Gasteiger partial charge < -0.3 is 9.84 Å². The van der Waals surface area contributed by atoms with Crippen LogP contribution in [-0.2, 0) is 6.54 Å². The predicted octanol–water partition coefficient (Wildman–Crippen LogP) is 1.27. The zero-order valence-corrected chi connectivity index (χ0v) is 9.61. The Morgan fingerprint density at radius 3 is 2.94 bits per heavy atom. The number of rotatable bonds is 4. The summed E-state index contributed by atoms with van der Waals surface area (Å²) in [6, 6.07) is 0.401. The highest BCUT2D eigenvalue weighted by atomic mass is 16.5. The second-order valence-corrected chi connectivity index (χ2v) is 3.96. The molecule has 2 rings (SSSR count). The van der Waals surface area contributed by atoms with Gasteiger partial charge in [-0.05, 0) is 6.92 Å². The van der Waals surface area contributed by atoms with Crippen molar-refractivity contribution in [3.8, 4) is 11.5 Å². The average molecular weight is 221 g/mol. The van der Waals surface area contributed by atoms with Crippen LogP contribution >= 0.6 is 0 Å². The van der Waals surface area contributed by atoms with E-state index in [0.717, 1.165) is 11.3 Å². The van der Waals surface area contributed by atoms with Gasteiger partial charge in [-0.15, -0.1) is 0 Å². The Hall–Kier alpha value is -1.69. The summed E-state index contributed by atoms with van der Waals surface area (Å²) in [5.74, 6) is 1.16. The van der Waals surface area contributed by atoms with Gasteiger partial charge in [0.25, 0.3) is 5.89 Å². The van der Waals surface area contributed by atoms with Crippen LogP contribution in [0, 0.1) is 6.92 Å². The molecule has 0 spiro atoms. The summed E-state index contributed by atoms with van der Waals surface area (Å²) in [5, 5.41) is 13.9. The molecule has 0 radical (unpaired) electrons. The number of aryl methyl sites for hydroxylation is 1. The molecule has 2 aromatic heterocycles. The molecule has 0 aliphatic heterocycles. The van der Waals surface area contributed by atoms with Gasteiger partial charge in [-0.25, -0.2) is 0 Å². The molecule has 2 aromatic rings. The number of nitrogens with zero attached hydrogens (tertiary/aromatic N) is 3. The van der Waals surface area contributed by atoms with Gasteiger partial charge in [0, 0.05) is 11.7 Å². The number of nitrogens with one attached hydrogen (secondary N) is 2. The standard InChI is InChI=1S/C10H15N5O/c1-6(2)11-5-9-13-10(16-15-9)8-4-12-14-7(8)3/h4,6,11H,5H2,1-3H3,(H,12,14). The van der Waals surface area contributed by atoms with E-state index in [-0.39, 0.29) is 0 Å². The Kier molecular flexibility index (Phi) is 3.00. The summed E-state index contributed by atoms with van der Waals surface area (Å²) >= 11 is 0. The molecule has 0 saturated heterocycles. The summed E-state index contributed by atoms with van der Waals surface area (Å²) in [6.07, 6.45) is 1.68. The zero-order chi connectivity index (χ0) is 11.5. The minimum Gasteiger partial charge on any atom is -0.334 e. The van der Waals surface area contributed by atoms with Crippen molar-refractivity contribution in [1.82, 2.24) is 25.7 Å². The Balaban J connectivity index is 2.11. The maximum atomic E-state index is 5.16. The number of hydrogen-bond donors (Lipinski definition) is 2. The monoisotopic (exact) mass is 221 g/mol. The molecule has 0 aliphatic rings. The van der Waals surface area contributed by atoms with E-state index in [4.69, 9.17) is 4.52 Å². The first-order valence-corrected chi connectivity index (χ1v) is 5.23. The molecule has 0 unspecified atom stereocenters. The number of hydrogen-bond acceptors (Lipinski definition) is 5. The lowest BCUT2D eigenvalue weighted by atomic mass is 10.3. The fourth-order valence-corrected chi connectivity index (χ4v) is 1.30. The van der Waals surface area contributed by atoms with Crippen molar-refractivity contribution in [3.63, 3.8) is 0 Å².